The van der Waals surface area contributed by atoms with Gasteiger partial charge in [-0.1, -0.05) is 29.8 Å². The van der Waals surface area contributed by atoms with Gasteiger partial charge in [0.25, 0.3) is 0 Å². The lowest BCUT2D eigenvalue weighted by Gasteiger charge is -2.15. The molecule has 0 aliphatic heterocycles. The minimum Gasteiger partial charge on any atom is -0.436 e. The maximum atomic E-state index is 13.4. The Morgan fingerprint density at radius 1 is 1.09 bits per heavy atom. The number of rotatable bonds is 7. The molecule has 0 saturated heterocycles. The van der Waals surface area contributed by atoms with Gasteiger partial charge in [-0.3, -0.25) is 9.59 Å². The number of hydrogen-bond donors (Lipinski definition) is 1. The van der Waals surface area contributed by atoms with Gasteiger partial charge in [0.1, 0.15) is 16.6 Å². The Morgan fingerprint density at radius 3 is 2.49 bits per heavy atom. The third-order valence-electron chi connectivity index (χ3n) is 5.34. The molecule has 0 amide bonds. The summed E-state index contributed by atoms with van der Waals surface area (Å²) in [6.07, 6.45) is 3.08. The van der Waals surface area contributed by atoms with Crippen molar-refractivity contribution in [3.63, 3.8) is 0 Å². The number of halogens is 2. The average Bonchev–Trinajstić information content (AvgIpc) is 2.84. The van der Waals surface area contributed by atoms with Crippen LogP contribution < -0.4 is 15.9 Å². The SMILES string of the molecule is CC(C)n1cc(C(=O)Cc2ccc(Oc3cccc(N)c3Cl)nn2)c(=O)c(-c2ccc(F)cc2)c1. The molecule has 2 aromatic carbocycles. The molecule has 4 rings (SSSR count). The molecule has 0 spiro atoms. The lowest BCUT2D eigenvalue weighted by atomic mass is 10.0. The van der Waals surface area contributed by atoms with Gasteiger partial charge in [0.2, 0.25) is 5.88 Å². The smallest absolute Gasteiger partial charge is 0.238 e. The zero-order chi connectivity index (χ0) is 25.1. The first kappa shape index (κ1) is 24.1. The molecule has 2 heterocycles. The molecule has 0 bridgehead atoms. The van der Waals surface area contributed by atoms with Crippen molar-refractivity contribution >= 4 is 23.1 Å². The number of Topliss-reactive ketones (excluding diaryl/α,β-unsaturated/α-hetero) is 1. The predicted molar refractivity (Wildman–Crippen MR) is 132 cm³/mol. The number of nitrogens with two attached hydrogens (primary N) is 1. The zero-order valence-corrected chi connectivity index (χ0v) is 19.8. The van der Waals surface area contributed by atoms with Crippen molar-refractivity contribution in [1.82, 2.24) is 14.8 Å². The number of aromatic nitrogens is 3. The van der Waals surface area contributed by atoms with Crippen molar-refractivity contribution in [2.45, 2.75) is 26.3 Å². The van der Waals surface area contributed by atoms with Gasteiger partial charge >= 0.3 is 0 Å². The second-order valence-corrected chi connectivity index (χ2v) is 8.56. The molecule has 0 aliphatic carbocycles. The van der Waals surface area contributed by atoms with Gasteiger partial charge in [-0.2, -0.15) is 5.10 Å². The maximum absolute atomic E-state index is 13.4. The summed E-state index contributed by atoms with van der Waals surface area (Å²) in [5, 5.41) is 8.30. The summed E-state index contributed by atoms with van der Waals surface area (Å²) in [6.45, 7) is 3.87. The van der Waals surface area contributed by atoms with Gasteiger partial charge in [-0.05, 0) is 49.7 Å². The van der Waals surface area contributed by atoms with E-state index >= 15 is 0 Å². The van der Waals surface area contributed by atoms with Crippen LogP contribution in [0.5, 0.6) is 11.6 Å². The summed E-state index contributed by atoms with van der Waals surface area (Å²) in [5.74, 6) is -0.310. The Balaban J connectivity index is 1.59. The lowest BCUT2D eigenvalue weighted by molar-refractivity contribution is 0.0989. The number of carbonyl (C=O) groups excluding carboxylic acids is 1. The highest BCUT2D eigenvalue weighted by Crippen LogP contribution is 2.32. The quantitative estimate of drug-likeness (QED) is 0.271. The second kappa shape index (κ2) is 10.1. The number of nitrogen functional groups attached to an aromatic ring is 1. The molecule has 0 unspecified atom stereocenters. The summed E-state index contributed by atoms with van der Waals surface area (Å²) in [6, 6.07) is 13.7. The number of ketones is 1. The Morgan fingerprint density at radius 2 is 1.83 bits per heavy atom. The molecule has 4 aromatic rings. The van der Waals surface area contributed by atoms with Crippen molar-refractivity contribution in [1.29, 1.82) is 0 Å². The number of anilines is 1. The fourth-order valence-electron chi connectivity index (χ4n) is 3.40. The largest absolute Gasteiger partial charge is 0.436 e. The van der Waals surface area contributed by atoms with Crippen LogP contribution in [-0.2, 0) is 6.42 Å². The Labute approximate surface area is 206 Å². The summed E-state index contributed by atoms with van der Waals surface area (Å²) >= 11 is 6.13. The molecule has 0 atom stereocenters. The van der Waals surface area contributed by atoms with E-state index in [0.29, 0.717) is 28.3 Å². The molecule has 0 saturated carbocycles. The number of carbonyl (C=O) groups is 1. The number of nitrogens with zero attached hydrogens (tertiary/aromatic N) is 3. The summed E-state index contributed by atoms with van der Waals surface area (Å²) in [5.41, 5.74) is 6.95. The van der Waals surface area contributed by atoms with Gasteiger partial charge in [-0.15, -0.1) is 5.10 Å². The molecule has 0 aliphatic rings. The number of benzene rings is 2. The number of pyridine rings is 1. The Bertz CT molecular complexity index is 1430. The highest BCUT2D eigenvalue weighted by Gasteiger charge is 2.18. The summed E-state index contributed by atoms with van der Waals surface area (Å²) in [7, 11) is 0. The third kappa shape index (κ3) is 5.38. The molecular weight excluding hydrogens is 471 g/mol. The first-order valence-corrected chi connectivity index (χ1v) is 11.2. The monoisotopic (exact) mass is 492 g/mol. The summed E-state index contributed by atoms with van der Waals surface area (Å²) in [4.78, 5) is 26.3. The highest BCUT2D eigenvalue weighted by molar-refractivity contribution is 6.34. The molecule has 9 heteroatoms. The predicted octanol–water partition coefficient (Wildman–Crippen LogP) is 5.48. The molecule has 2 aromatic heterocycles. The van der Waals surface area contributed by atoms with Crippen LogP contribution in [0.4, 0.5) is 10.1 Å². The second-order valence-electron chi connectivity index (χ2n) is 8.19. The molecule has 0 radical (unpaired) electrons. The molecule has 7 nitrogen and oxygen atoms in total. The Kier molecular flexibility index (Phi) is 6.93. The van der Waals surface area contributed by atoms with Gasteiger partial charge in [0.05, 0.1) is 23.4 Å². The van der Waals surface area contributed by atoms with Crippen molar-refractivity contribution in [3.05, 3.63) is 99.3 Å². The summed E-state index contributed by atoms with van der Waals surface area (Å²) < 4.78 is 20.8. The number of ether oxygens (including phenoxy) is 1. The molecular formula is C26H22ClFN4O3. The van der Waals surface area contributed by atoms with Gasteiger partial charge in [-0.25, -0.2) is 4.39 Å². The van der Waals surface area contributed by atoms with Crippen LogP contribution in [0.25, 0.3) is 11.1 Å². The Hall–Kier alpha value is -4.04. The fraction of sp³-hybridized carbons (Fsp3) is 0.154. The van der Waals surface area contributed by atoms with Crippen molar-refractivity contribution in [2.75, 3.05) is 5.73 Å². The molecule has 35 heavy (non-hydrogen) atoms. The van der Waals surface area contributed by atoms with Crippen LogP contribution in [0.1, 0.15) is 35.9 Å². The zero-order valence-electron chi connectivity index (χ0n) is 19.0. The van der Waals surface area contributed by atoms with E-state index in [0.717, 1.165) is 0 Å². The van der Waals surface area contributed by atoms with Crippen molar-refractivity contribution < 1.29 is 13.9 Å². The average molecular weight is 493 g/mol. The van der Waals surface area contributed by atoms with Crippen LogP contribution in [0.3, 0.4) is 0 Å². The van der Waals surface area contributed by atoms with Crippen molar-refractivity contribution in [2.24, 2.45) is 0 Å². The molecule has 178 valence electrons. The minimum absolute atomic E-state index is 0.00332. The standard InChI is InChI=1S/C26H22ClFN4O3/c1-15(2)32-13-19(16-6-8-17(28)9-7-16)26(34)20(14-32)22(33)12-18-10-11-24(31-30-18)35-23-5-3-4-21(29)25(23)27/h3-11,13-15H,12,29H2,1-2H3. The van der Waals surface area contributed by atoms with Crippen molar-refractivity contribution in [3.8, 4) is 22.8 Å². The van der Waals surface area contributed by atoms with E-state index in [4.69, 9.17) is 22.1 Å². The van der Waals surface area contributed by atoms with Gasteiger partial charge < -0.3 is 15.0 Å². The van der Waals surface area contributed by atoms with E-state index < -0.39 is 17.0 Å². The van der Waals surface area contributed by atoms with Gasteiger partial charge in [0, 0.05) is 30.1 Å². The topological polar surface area (TPSA) is 100 Å². The number of hydrogen-bond acceptors (Lipinski definition) is 6. The normalized spacial score (nSPS) is 11.0. The fourth-order valence-corrected chi connectivity index (χ4v) is 3.57. The first-order valence-electron chi connectivity index (χ1n) is 10.8. The van der Waals surface area contributed by atoms with Crippen LogP contribution in [0.2, 0.25) is 5.02 Å². The minimum atomic E-state index is -0.428. The first-order chi connectivity index (χ1) is 16.7. The van der Waals surface area contributed by atoms with E-state index in [1.807, 2.05) is 13.8 Å². The van der Waals surface area contributed by atoms with Crippen LogP contribution >= 0.6 is 11.6 Å². The lowest BCUT2D eigenvalue weighted by Crippen LogP contribution is -2.22. The molecule has 0 fully saturated rings. The van der Waals surface area contributed by atoms with Crippen LogP contribution in [-0.4, -0.2) is 20.5 Å². The van der Waals surface area contributed by atoms with Crippen LogP contribution in [0, 0.1) is 5.82 Å². The van der Waals surface area contributed by atoms with E-state index in [9.17, 15) is 14.0 Å². The third-order valence-corrected chi connectivity index (χ3v) is 5.75. The highest BCUT2D eigenvalue weighted by atomic mass is 35.5. The maximum Gasteiger partial charge on any atom is 0.238 e. The van der Waals surface area contributed by atoms with E-state index in [1.165, 1.54) is 30.5 Å². The van der Waals surface area contributed by atoms with E-state index in [1.54, 1.807) is 41.1 Å². The van der Waals surface area contributed by atoms with E-state index in [-0.39, 0.29) is 28.9 Å². The van der Waals surface area contributed by atoms with E-state index in [2.05, 4.69) is 10.2 Å². The van der Waals surface area contributed by atoms with Gasteiger partial charge in [0.15, 0.2) is 11.2 Å². The molecule has 2 N–H and O–H groups in total. The van der Waals surface area contributed by atoms with Crippen LogP contribution in [0.15, 0.2) is 71.8 Å².